The van der Waals surface area contributed by atoms with Crippen molar-refractivity contribution in [1.82, 2.24) is 0 Å². The van der Waals surface area contributed by atoms with E-state index in [0.717, 1.165) is 22.9 Å². The average Bonchev–Trinajstić information content (AvgIpc) is 2.46. The van der Waals surface area contributed by atoms with Crippen LogP contribution in [0.2, 0.25) is 0 Å². The van der Waals surface area contributed by atoms with Gasteiger partial charge in [-0.25, -0.2) is 0 Å². The second-order valence-corrected chi connectivity index (χ2v) is 6.70. The van der Waals surface area contributed by atoms with E-state index in [0.29, 0.717) is 6.42 Å². The molecule has 1 aromatic carbocycles. The molecule has 4 rings (SSSR count). The first-order valence-corrected chi connectivity index (χ1v) is 7.96. The summed E-state index contributed by atoms with van der Waals surface area (Å²) in [6, 6.07) is 7.12. The zero-order chi connectivity index (χ0) is 15.0. The Labute approximate surface area is 131 Å². The lowest BCUT2D eigenvalue weighted by atomic mass is 9.61. The van der Waals surface area contributed by atoms with E-state index in [1.165, 1.54) is 0 Å². The minimum Gasteiger partial charge on any atom is -0.299 e. The van der Waals surface area contributed by atoms with Crippen molar-refractivity contribution in [3.63, 3.8) is 0 Å². The molecular weight excluding hydrogens is 334 g/mol. The normalized spacial score (nSPS) is 31.8. The molecule has 5 heteroatoms. The smallest absolute Gasteiger partial charge is 0.223 e. The van der Waals surface area contributed by atoms with Crippen LogP contribution in [0.4, 0.5) is 0 Å². The number of ketones is 1. The Morgan fingerprint density at radius 2 is 2.05 bits per heavy atom. The van der Waals surface area contributed by atoms with Gasteiger partial charge in [-0.1, -0.05) is 46.3 Å². The number of carbonyl (C=O) groups excluding carboxylic acids is 1. The fourth-order valence-corrected chi connectivity index (χ4v) is 4.12. The van der Waals surface area contributed by atoms with Gasteiger partial charge >= 0.3 is 0 Å². The first-order valence-electron chi connectivity index (χ1n) is 7.17. The Bertz CT molecular complexity index is 613. The number of hydrogen-bond acceptors (Lipinski definition) is 3. The van der Waals surface area contributed by atoms with Crippen LogP contribution >= 0.6 is 15.9 Å². The van der Waals surface area contributed by atoms with Gasteiger partial charge in [0.2, 0.25) is 6.04 Å². The quantitative estimate of drug-likeness (QED) is 0.617. The third-order valence-corrected chi connectivity index (χ3v) is 5.44. The fraction of sp³-hybridized carbons (Fsp3) is 0.438. The summed E-state index contributed by atoms with van der Waals surface area (Å²) < 4.78 is 0.950. The van der Waals surface area contributed by atoms with E-state index in [2.05, 4.69) is 15.9 Å². The van der Waals surface area contributed by atoms with Crippen LogP contribution in [0.5, 0.6) is 0 Å². The number of nitrogens with zero attached hydrogens (tertiary/aromatic N) is 1. The molecule has 0 aliphatic heterocycles. The van der Waals surface area contributed by atoms with Crippen LogP contribution in [0.1, 0.15) is 24.8 Å². The SMILES string of the molecule is O=C1C[C@@H]2CC[C@H]1[C@@H](C=Cc1ccccc1Br)[C@H]2[N+](=O)[O-]. The first-order chi connectivity index (χ1) is 10.1. The van der Waals surface area contributed by atoms with Crippen molar-refractivity contribution < 1.29 is 9.72 Å². The Morgan fingerprint density at radius 1 is 1.29 bits per heavy atom. The van der Waals surface area contributed by atoms with Gasteiger partial charge in [0, 0.05) is 27.7 Å². The van der Waals surface area contributed by atoms with E-state index in [4.69, 9.17) is 0 Å². The summed E-state index contributed by atoms with van der Waals surface area (Å²) in [5, 5.41) is 11.4. The molecule has 3 fully saturated rings. The van der Waals surface area contributed by atoms with Crippen molar-refractivity contribution in [3.8, 4) is 0 Å². The molecule has 4 nitrogen and oxygen atoms in total. The van der Waals surface area contributed by atoms with Gasteiger partial charge in [0.1, 0.15) is 5.78 Å². The highest BCUT2D eigenvalue weighted by Crippen LogP contribution is 2.45. The van der Waals surface area contributed by atoms with Crippen molar-refractivity contribution in [2.45, 2.75) is 25.3 Å². The molecule has 0 saturated heterocycles. The minimum absolute atomic E-state index is 0.0913. The molecule has 0 amide bonds. The van der Waals surface area contributed by atoms with Crippen molar-refractivity contribution in [2.24, 2.45) is 17.8 Å². The van der Waals surface area contributed by atoms with Crippen LogP contribution in [-0.4, -0.2) is 16.7 Å². The highest BCUT2D eigenvalue weighted by Gasteiger charge is 2.53. The summed E-state index contributed by atoms with van der Waals surface area (Å²) in [5.41, 5.74) is 0.980. The lowest BCUT2D eigenvalue weighted by Gasteiger charge is -2.41. The van der Waals surface area contributed by atoms with E-state index < -0.39 is 6.04 Å². The molecule has 3 aliphatic carbocycles. The third kappa shape index (κ3) is 2.67. The molecule has 110 valence electrons. The predicted molar refractivity (Wildman–Crippen MR) is 83.3 cm³/mol. The van der Waals surface area contributed by atoms with Crippen LogP contribution in [0.15, 0.2) is 34.8 Å². The molecule has 1 aromatic rings. The molecule has 4 atom stereocenters. The molecule has 0 aromatic heterocycles. The second kappa shape index (κ2) is 5.72. The lowest BCUT2D eigenvalue weighted by Crippen LogP contribution is -2.51. The number of nitro groups is 1. The van der Waals surface area contributed by atoms with Crippen molar-refractivity contribution in [3.05, 3.63) is 50.5 Å². The molecule has 0 unspecified atom stereocenters. The zero-order valence-corrected chi connectivity index (χ0v) is 13.0. The highest BCUT2D eigenvalue weighted by molar-refractivity contribution is 9.10. The maximum atomic E-state index is 12.0. The van der Waals surface area contributed by atoms with Crippen LogP contribution in [0.25, 0.3) is 6.08 Å². The largest absolute Gasteiger partial charge is 0.299 e. The van der Waals surface area contributed by atoms with Gasteiger partial charge in [-0.15, -0.1) is 0 Å². The lowest BCUT2D eigenvalue weighted by molar-refractivity contribution is -0.545. The number of carbonyl (C=O) groups is 1. The van der Waals surface area contributed by atoms with Gasteiger partial charge in [0.15, 0.2) is 0 Å². The summed E-state index contributed by atoms with van der Waals surface area (Å²) in [7, 11) is 0. The van der Waals surface area contributed by atoms with Crippen LogP contribution < -0.4 is 0 Å². The van der Waals surface area contributed by atoms with Crippen LogP contribution in [-0.2, 0) is 4.79 Å². The molecule has 0 N–H and O–H groups in total. The summed E-state index contributed by atoms with van der Waals surface area (Å²) in [4.78, 5) is 23.3. The third-order valence-electron chi connectivity index (χ3n) is 4.71. The van der Waals surface area contributed by atoms with Crippen molar-refractivity contribution in [2.75, 3.05) is 0 Å². The van der Waals surface area contributed by atoms with Gasteiger partial charge in [-0.3, -0.25) is 14.9 Å². The van der Waals surface area contributed by atoms with Crippen LogP contribution in [0.3, 0.4) is 0 Å². The molecule has 3 saturated carbocycles. The topological polar surface area (TPSA) is 60.2 Å². The van der Waals surface area contributed by atoms with Crippen LogP contribution in [0, 0.1) is 27.9 Å². The Balaban J connectivity index is 1.90. The molecular formula is C16H16BrNO3. The number of Topliss-reactive ketones (excluding diaryl/α,β-unsaturated/α-hetero) is 1. The number of fused-ring (bicyclic) bond motifs is 3. The predicted octanol–water partition coefficient (Wildman–Crippen LogP) is 3.72. The van der Waals surface area contributed by atoms with Gasteiger partial charge in [-0.05, 0) is 24.5 Å². The summed E-state index contributed by atoms with van der Waals surface area (Å²) in [5.74, 6) is -0.339. The zero-order valence-electron chi connectivity index (χ0n) is 11.4. The molecule has 21 heavy (non-hydrogen) atoms. The van der Waals surface area contributed by atoms with Gasteiger partial charge in [0.25, 0.3) is 0 Å². The van der Waals surface area contributed by atoms with E-state index in [-0.39, 0.29) is 28.5 Å². The number of halogens is 1. The van der Waals surface area contributed by atoms with Crippen molar-refractivity contribution >= 4 is 27.8 Å². The summed E-state index contributed by atoms with van der Waals surface area (Å²) in [6.45, 7) is 0. The Hall–Kier alpha value is -1.49. The monoisotopic (exact) mass is 349 g/mol. The number of rotatable bonds is 3. The van der Waals surface area contributed by atoms with E-state index in [9.17, 15) is 14.9 Å². The number of benzene rings is 1. The first kappa shape index (κ1) is 14.4. The summed E-state index contributed by atoms with van der Waals surface area (Å²) >= 11 is 3.47. The standard InChI is InChI=1S/C16H16BrNO3/c17-14-4-2-1-3-10(14)5-8-13-12-7-6-11(9-15(12)19)16(13)18(20)21/h1-5,8,11-13,16H,6-7,9H2/t11-,12-,13+,16-/m0/s1. The second-order valence-electron chi connectivity index (χ2n) is 5.85. The average molecular weight is 350 g/mol. The Kier molecular flexibility index (Phi) is 3.93. The Morgan fingerprint density at radius 3 is 2.71 bits per heavy atom. The maximum absolute atomic E-state index is 12.0. The number of hydrogen-bond donors (Lipinski definition) is 0. The molecule has 2 bridgehead atoms. The van der Waals surface area contributed by atoms with Gasteiger partial charge in [-0.2, -0.15) is 0 Å². The van der Waals surface area contributed by atoms with Crippen molar-refractivity contribution in [1.29, 1.82) is 0 Å². The minimum atomic E-state index is -0.611. The van der Waals surface area contributed by atoms with E-state index >= 15 is 0 Å². The molecule has 0 radical (unpaired) electrons. The molecule has 0 spiro atoms. The van der Waals surface area contributed by atoms with Gasteiger partial charge in [0.05, 0.1) is 5.92 Å². The highest BCUT2D eigenvalue weighted by atomic mass is 79.9. The maximum Gasteiger partial charge on any atom is 0.223 e. The molecule has 3 aliphatic rings. The fourth-order valence-electron chi connectivity index (χ4n) is 3.70. The van der Waals surface area contributed by atoms with Gasteiger partial charge < -0.3 is 0 Å². The van der Waals surface area contributed by atoms with E-state index in [1.54, 1.807) is 0 Å². The molecule has 0 heterocycles. The van der Waals surface area contributed by atoms with E-state index in [1.807, 2.05) is 36.4 Å². The summed E-state index contributed by atoms with van der Waals surface area (Å²) in [6.07, 6.45) is 5.76.